The average molecular weight is 278 g/mol. The molecule has 1 N–H and O–H groups in total. The molecule has 0 radical (unpaired) electrons. The Morgan fingerprint density at radius 1 is 1.58 bits per heavy atom. The summed E-state index contributed by atoms with van der Waals surface area (Å²) in [6, 6.07) is 3.94. The van der Waals surface area contributed by atoms with Crippen LogP contribution in [0.3, 0.4) is 0 Å². The van der Waals surface area contributed by atoms with E-state index in [9.17, 15) is 0 Å². The van der Waals surface area contributed by atoms with Gasteiger partial charge >= 0.3 is 0 Å². The first kappa shape index (κ1) is 11.4. The first-order valence-corrected chi connectivity index (χ1v) is 3.38. The smallest absolute Gasteiger partial charge is 0.227 e. The van der Waals surface area contributed by atoms with Crippen molar-refractivity contribution in [2.45, 2.75) is 6.92 Å². The van der Waals surface area contributed by atoms with E-state index in [0.29, 0.717) is 0 Å². The van der Waals surface area contributed by atoms with Crippen LogP contribution in [0.25, 0.3) is 0 Å². The Labute approximate surface area is 88.7 Å². The Hall–Kier alpha value is -0.650. The highest BCUT2D eigenvalue weighted by Gasteiger charge is 2.01. The van der Waals surface area contributed by atoms with Crippen molar-refractivity contribution in [1.29, 1.82) is 0 Å². The third kappa shape index (κ3) is 2.77. The topological polar surface area (TPSA) is 36.5 Å². The van der Waals surface area contributed by atoms with Gasteiger partial charge in [-0.1, -0.05) is 5.16 Å². The zero-order chi connectivity index (χ0) is 8.27. The van der Waals surface area contributed by atoms with E-state index in [1.54, 1.807) is 0 Å². The van der Waals surface area contributed by atoms with Crippen LogP contribution in [0.15, 0.2) is 23.5 Å². The van der Waals surface area contributed by atoms with Crippen molar-refractivity contribution >= 4 is 6.21 Å². The van der Waals surface area contributed by atoms with Gasteiger partial charge < -0.3 is 29.2 Å². The SMILES string of the molecule is Cc1cc[n+](C)c(/C=N/O)c1.[I-]. The average Bonchev–Trinajstić information content (AvgIpc) is 1.98. The molecule has 0 bridgehead atoms. The van der Waals surface area contributed by atoms with Crippen LogP contribution in [0.2, 0.25) is 0 Å². The zero-order valence-corrected chi connectivity index (χ0v) is 9.19. The van der Waals surface area contributed by atoms with Crippen LogP contribution in [0.5, 0.6) is 0 Å². The minimum absolute atomic E-state index is 0. The van der Waals surface area contributed by atoms with E-state index in [4.69, 9.17) is 5.21 Å². The number of hydrogen-bond acceptors (Lipinski definition) is 2. The second kappa shape index (κ2) is 5.08. The Morgan fingerprint density at radius 3 is 2.83 bits per heavy atom. The van der Waals surface area contributed by atoms with Crippen molar-refractivity contribution in [3.05, 3.63) is 29.6 Å². The molecule has 66 valence electrons. The molecule has 0 aliphatic rings. The molecule has 0 spiro atoms. The fourth-order valence-electron chi connectivity index (χ4n) is 0.886. The molecule has 1 aromatic rings. The zero-order valence-electron chi connectivity index (χ0n) is 7.03. The van der Waals surface area contributed by atoms with E-state index in [-0.39, 0.29) is 24.0 Å². The number of nitrogens with zero attached hydrogens (tertiary/aromatic N) is 2. The largest absolute Gasteiger partial charge is 1.00 e. The van der Waals surface area contributed by atoms with Crippen molar-refractivity contribution in [3.63, 3.8) is 0 Å². The molecule has 1 rings (SSSR count). The molecule has 0 amide bonds. The molecule has 0 aromatic carbocycles. The maximum absolute atomic E-state index is 8.29. The van der Waals surface area contributed by atoms with Gasteiger partial charge in [-0.2, -0.15) is 0 Å². The molecule has 3 nitrogen and oxygen atoms in total. The summed E-state index contributed by atoms with van der Waals surface area (Å²) in [6.45, 7) is 1.99. The van der Waals surface area contributed by atoms with Gasteiger partial charge in [0.05, 0.1) is 0 Å². The molecule has 0 fully saturated rings. The number of hydrogen-bond donors (Lipinski definition) is 1. The normalized spacial score (nSPS) is 9.83. The Bertz CT molecular complexity index is 286. The maximum Gasteiger partial charge on any atom is 0.227 e. The first-order valence-electron chi connectivity index (χ1n) is 3.38. The van der Waals surface area contributed by atoms with Crippen molar-refractivity contribution in [2.75, 3.05) is 0 Å². The van der Waals surface area contributed by atoms with Gasteiger partial charge in [-0.25, -0.2) is 4.57 Å². The van der Waals surface area contributed by atoms with Gasteiger partial charge in [0.1, 0.15) is 13.3 Å². The monoisotopic (exact) mass is 278 g/mol. The van der Waals surface area contributed by atoms with E-state index in [1.807, 2.05) is 36.9 Å². The number of oxime groups is 1. The second-order valence-electron chi connectivity index (χ2n) is 2.48. The highest BCUT2D eigenvalue weighted by Crippen LogP contribution is 1.94. The van der Waals surface area contributed by atoms with Gasteiger partial charge in [0, 0.05) is 12.1 Å². The fraction of sp³-hybridized carbons (Fsp3) is 0.250. The summed E-state index contributed by atoms with van der Waals surface area (Å²) in [5.74, 6) is 0. The molecule has 0 unspecified atom stereocenters. The van der Waals surface area contributed by atoms with Crippen molar-refractivity contribution in [3.8, 4) is 0 Å². The Balaban J connectivity index is 0.00000121. The molecule has 0 saturated carbocycles. The molecule has 4 heteroatoms. The van der Waals surface area contributed by atoms with E-state index in [0.717, 1.165) is 11.3 Å². The lowest BCUT2D eigenvalue weighted by molar-refractivity contribution is -0.672. The van der Waals surface area contributed by atoms with Crippen molar-refractivity contribution in [1.82, 2.24) is 0 Å². The molecule has 1 aromatic heterocycles. The van der Waals surface area contributed by atoms with Gasteiger partial charge in [0.2, 0.25) is 5.69 Å². The maximum atomic E-state index is 8.29. The molecule has 0 atom stereocenters. The standard InChI is InChI=1S/C8H10N2O.HI/c1-7-3-4-10(2)8(5-7)6-9-11;/h3-6H,1-2H3;1H. The van der Waals surface area contributed by atoms with Crippen LogP contribution in [0, 0.1) is 6.92 Å². The van der Waals surface area contributed by atoms with Crippen LogP contribution in [-0.2, 0) is 7.05 Å². The number of halogens is 1. The van der Waals surface area contributed by atoms with E-state index < -0.39 is 0 Å². The minimum Gasteiger partial charge on any atom is -1.00 e. The van der Waals surface area contributed by atoms with E-state index >= 15 is 0 Å². The quantitative estimate of drug-likeness (QED) is 0.201. The molecule has 12 heavy (non-hydrogen) atoms. The lowest BCUT2D eigenvalue weighted by atomic mass is 10.2. The van der Waals surface area contributed by atoms with Gasteiger partial charge in [-0.05, 0) is 12.5 Å². The predicted molar refractivity (Wildman–Crippen MR) is 41.7 cm³/mol. The second-order valence-corrected chi connectivity index (χ2v) is 2.48. The van der Waals surface area contributed by atoms with Crippen LogP contribution < -0.4 is 28.5 Å². The van der Waals surface area contributed by atoms with Gasteiger partial charge in [-0.3, -0.25) is 0 Å². The molecule has 0 aliphatic heterocycles. The molecular formula is C8H11IN2O. The van der Waals surface area contributed by atoms with Crippen LogP contribution in [0.1, 0.15) is 11.3 Å². The van der Waals surface area contributed by atoms with Gasteiger partial charge in [0.25, 0.3) is 0 Å². The number of pyridine rings is 1. The Morgan fingerprint density at radius 2 is 2.25 bits per heavy atom. The van der Waals surface area contributed by atoms with Gasteiger partial charge in [-0.15, -0.1) is 0 Å². The van der Waals surface area contributed by atoms with Crippen molar-refractivity contribution < 1.29 is 33.8 Å². The predicted octanol–water partition coefficient (Wildman–Crippen LogP) is -2.37. The summed E-state index contributed by atoms with van der Waals surface area (Å²) < 4.78 is 1.88. The van der Waals surface area contributed by atoms with Crippen LogP contribution in [0.4, 0.5) is 0 Å². The summed E-state index contributed by atoms with van der Waals surface area (Å²) in [6.07, 6.45) is 3.33. The molecular weight excluding hydrogens is 267 g/mol. The first-order chi connectivity index (χ1) is 5.24. The summed E-state index contributed by atoms with van der Waals surface area (Å²) in [7, 11) is 1.90. The lowest BCUT2D eigenvalue weighted by Crippen LogP contribution is -3.00. The van der Waals surface area contributed by atoms with Crippen molar-refractivity contribution in [2.24, 2.45) is 12.2 Å². The summed E-state index contributed by atoms with van der Waals surface area (Å²) in [5.41, 5.74) is 2.03. The summed E-state index contributed by atoms with van der Waals surface area (Å²) >= 11 is 0. The highest BCUT2D eigenvalue weighted by molar-refractivity contribution is 5.74. The molecule has 1 heterocycles. The number of rotatable bonds is 1. The summed E-state index contributed by atoms with van der Waals surface area (Å²) in [4.78, 5) is 0. The third-order valence-corrected chi connectivity index (χ3v) is 1.53. The van der Waals surface area contributed by atoms with E-state index in [1.165, 1.54) is 6.21 Å². The molecule has 0 aliphatic carbocycles. The minimum atomic E-state index is 0. The fourth-order valence-corrected chi connectivity index (χ4v) is 0.886. The van der Waals surface area contributed by atoms with Crippen LogP contribution >= 0.6 is 0 Å². The third-order valence-electron chi connectivity index (χ3n) is 1.53. The number of aryl methyl sites for hydroxylation is 2. The Kier molecular flexibility index (Phi) is 4.80. The summed E-state index contributed by atoms with van der Waals surface area (Å²) in [5, 5.41) is 11.3. The lowest BCUT2D eigenvalue weighted by Gasteiger charge is -1.93. The van der Waals surface area contributed by atoms with Crippen LogP contribution in [-0.4, -0.2) is 11.4 Å². The number of aromatic nitrogens is 1. The highest BCUT2D eigenvalue weighted by atomic mass is 127. The van der Waals surface area contributed by atoms with E-state index in [2.05, 4.69) is 5.16 Å². The van der Waals surface area contributed by atoms with Gasteiger partial charge in [0.15, 0.2) is 6.20 Å². The molecule has 0 saturated heterocycles.